The van der Waals surface area contributed by atoms with E-state index in [1.54, 1.807) is 47.5 Å². The zero-order chi connectivity index (χ0) is 18.8. The van der Waals surface area contributed by atoms with Gasteiger partial charge in [-0.3, -0.25) is 14.0 Å². The van der Waals surface area contributed by atoms with Crippen LogP contribution in [0.4, 0.5) is 0 Å². The molecule has 0 unspecified atom stereocenters. The standard InChI is InChI=1S/C18H23N7O/c1-12(2)25-14(4)16(13(3)22-25)9-23(5)18(26)15-6-7-19-17(8-15)24-10-20-21-11-24/h6-8,10-12H,9H2,1-5H3. The summed E-state index contributed by atoms with van der Waals surface area (Å²) in [6, 6.07) is 3.73. The van der Waals surface area contributed by atoms with Crippen LogP contribution in [0, 0.1) is 13.8 Å². The van der Waals surface area contributed by atoms with E-state index in [4.69, 9.17) is 0 Å². The van der Waals surface area contributed by atoms with Gasteiger partial charge in [0, 0.05) is 42.7 Å². The fourth-order valence-electron chi connectivity index (χ4n) is 2.97. The Morgan fingerprint density at radius 2 is 1.92 bits per heavy atom. The molecule has 3 heterocycles. The third-order valence-electron chi connectivity index (χ3n) is 4.38. The van der Waals surface area contributed by atoms with Crippen LogP contribution in [0.5, 0.6) is 0 Å². The number of aromatic nitrogens is 6. The van der Waals surface area contributed by atoms with Gasteiger partial charge in [-0.15, -0.1) is 10.2 Å². The van der Waals surface area contributed by atoms with E-state index in [0.717, 1.165) is 17.0 Å². The van der Waals surface area contributed by atoms with Crippen LogP contribution in [0.25, 0.3) is 5.82 Å². The van der Waals surface area contributed by atoms with Crippen molar-refractivity contribution in [2.45, 2.75) is 40.3 Å². The van der Waals surface area contributed by atoms with Gasteiger partial charge in [-0.05, 0) is 39.8 Å². The molecule has 3 rings (SSSR count). The van der Waals surface area contributed by atoms with Crippen LogP contribution in [0.3, 0.4) is 0 Å². The van der Waals surface area contributed by atoms with Gasteiger partial charge < -0.3 is 4.90 Å². The molecule has 0 bridgehead atoms. The highest BCUT2D eigenvalue weighted by molar-refractivity contribution is 5.94. The molecule has 0 saturated carbocycles. The van der Waals surface area contributed by atoms with Gasteiger partial charge in [0.1, 0.15) is 18.5 Å². The van der Waals surface area contributed by atoms with Crippen molar-refractivity contribution in [1.29, 1.82) is 0 Å². The maximum Gasteiger partial charge on any atom is 0.254 e. The number of amides is 1. The summed E-state index contributed by atoms with van der Waals surface area (Å²) in [7, 11) is 1.80. The predicted octanol–water partition coefficient (Wildman–Crippen LogP) is 2.33. The molecule has 0 aliphatic rings. The molecule has 1 amide bonds. The van der Waals surface area contributed by atoms with E-state index >= 15 is 0 Å². The van der Waals surface area contributed by atoms with Crippen molar-refractivity contribution in [3.63, 3.8) is 0 Å². The van der Waals surface area contributed by atoms with Crippen LogP contribution in [-0.4, -0.2) is 47.4 Å². The molecule has 0 saturated heterocycles. The lowest BCUT2D eigenvalue weighted by Crippen LogP contribution is -2.27. The Labute approximate surface area is 152 Å². The fourth-order valence-corrected chi connectivity index (χ4v) is 2.97. The van der Waals surface area contributed by atoms with Crippen molar-refractivity contribution in [2.24, 2.45) is 0 Å². The molecule has 0 atom stereocenters. The second-order valence-corrected chi connectivity index (χ2v) is 6.62. The number of nitrogens with zero attached hydrogens (tertiary/aromatic N) is 7. The maximum absolute atomic E-state index is 12.9. The van der Waals surface area contributed by atoms with Crippen LogP contribution >= 0.6 is 0 Å². The van der Waals surface area contributed by atoms with Gasteiger partial charge in [0.15, 0.2) is 0 Å². The van der Waals surface area contributed by atoms with Gasteiger partial charge in [0.25, 0.3) is 5.91 Å². The smallest absolute Gasteiger partial charge is 0.254 e. The average Bonchev–Trinajstić information content (AvgIpc) is 3.25. The lowest BCUT2D eigenvalue weighted by atomic mass is 10.1. The normalized spacial score (nSPS) is 11.2. The second kappa shape index (κ2) is 7.07. The van der Waals surface area contributed by atoms with Crippen LogP contribution in [0.2, 0.25) is 0 Å². The first-order chi connectivity index (χ1) is 12.4. The third kappa shape index (κ3) is 3.35. The van der Waals surface area contributed by atoms with Crippen molar-refractivity contribution < 1.29 is 4.79 Å². The number of hydrogen-bond acceptors (Lipinski definition) is 5. The molecule has 3 aromatic heterocycles. The van der Waals surface area contributed by atoms with E-state index in [2.05, 4.69) is 34.1 Å². The number of rotatable bonds is 5. The van der Waals surface area contributed by atoms with Gasteiger partial charge in [0.2, 0.25) is 0 Å². The van der Waals surface area contributed by atoms with E-state index < -0.39 is 0 Å². The number of aryl methyl sites for hydroxylation is 1. The summed E-state index contributed by atoms with van der Waals surface area (Å²) >= 11 is 0. The first-order valence-electron chi connectivity index (χ1n) is 8.49. The Morgan fingerprint density at radius 3 is 2.54 bits per heavy atom. The summed E-state index contributed by atoms with van der Waals surface area (Å²) in [4.78, 5) is 18.8. The number of carbonyl (C=O) groups excluding carboxylic acids is 1. The van der Waals surface area contributed by atoms with Crippen LogP contribution in [-0.2, 0) is 6.54 Å². The molecule has 26 heavy (non-hydrogen) atoms. The van der Waals surface area contributed by atoms with Crippen molar-refractivity contribution >= 4 is 5.91 Å². The largest absolute Gasteiger partial charge is 0.337 e. The highest BCUT2D eigenvalue weighted by atomic mass is 16.2. The first kappa shape index (κ1) is 17.8. The Bertz CT molecular complexity index is 912. The first-order valence-corrected chi connectivity index (χ1v) is 8.49. The Morgan fingerprint density at radius 1 is 1.23 bits per heavy atom. The molecule has 0 N–H and O–H groups in total. The minimum absolute atomic E-state index is 0.0715. The van der Waals surface area contributed by atoms with Crippen molar-refractivity contribution in [1.82, 2.24) is 34.4 Å². The zero-order valence-corrected chi connectivity index (χ0v) is 15.7. The topological polar surface area (TPSA) is 81.7 Å². The van der Waals surface area contributed by atoms with Crippen molar-refractivity contribution in [2.75, 3.05) is 7.05 Å². The summed E-state index contributed by atoms with van der Waals surface area (Å²) in [5.74, 6) is 0.534. The predicted molar refractivity (Wildman–Crippen MR) is 97.0 cm³/mol. The fraction of sp³-hybridized carbons (Fsp3) is 0.389. The van der Waals surface area contributed by atoms with E-state index in [1.165, 1.54) is 0 Å². The second-order valence-electron chi connectivity index (χ2n) is 6.62. The maximum atomic E-state index is 12.9. The van der Waals surface area contributed by atoms with Crippen molar-refractivity contribution in [3.8, 4) is 5.82 Å². The molecule has 0 aromatic carbocycles. The molecule has 8 heteroatoms. The lowest BCUT2D eigenvalue weighted by Gasteiger charge is -2.18. The van der Waals surface area contributed by atoms with E-state index in [0.29, 0.717) is 17.9 Å². The molecular weight excluding hydrogens is 330 g/mol. The molecule has 0 spiro atoms. The minimum atomic E-state index is -0.0715. The summed E-state index contributed by atoms with van der Waals surface area (Å²) in [5.41, 5.74) is 3.70. The minimum Gasteiger partial charge on any atom is -0.337 e. The monoisotopic (exact) mass is 353 g/mol. The highest BCUT2D eigenvalue weighted by Gasteiger charge is 2.19. The SMILES string of the molecule is Cc1nn(C(C)C)c(C)c1CN(C)C(=O)c1ccnc(-n2cnnc2)c1. The van der Waals surface area contributed by atoms with Gasteiger partial charge >= 0.3 is 0 Å². The Hall–Kier alpha value is -3.03. The molecule has 136 valence electrons. The zero-order valence-electron chi connectivity index (χ0n) is 15.7. The summed E-state index contributed by atoms with van der Waals surface area (Å²) in [6.45, 7) is 8.73. The molecular formula is C18H23N7O. The average molecular weight is 353 g/mol. The summed E-state index contributed by atoms with van der Waals surface area (Å²) in [5, 5.41) is 12.1. The molecule has 0 radical (unpaired) electrons. The van der Waals surface area contributed by atoms with Gasteiger partial charge in [-0.25, -0.2) is 4.98 Å². The van der Waals surface area contributed by atoms with E-state index in [9.17, 15) is 4.79 Å². The molecule has 3 aromatic rings. The Kier molecular flexibility index (Phi) is 4.83. The highest BCUT2D eigenvalue weighted by Crippen LogP contribution is 2.19. The molecule has 8 nitrogen and oxygen atoms in total. The number of pyridine rings is 1. The van der Waals surface area contributed by atoms with Crippen LogP contribution < -0.4 is 0 Å². The van der Waals surface area contributed by atoms with Crippen molar-refractivity contribution in [3.05, 3.63) is 53.5 Å². The third-order valence-corrected chi connectivity index (χ3v) is 4.38. The molecule has 0 aliphatic carbocycles. The van der Waals surface area contributed by atoms with E-state index in [-0.39, 0.29) is 11.9 Å². The number of hydrogen-bond donors (Lipinski definition) is 0. The lowest BCUT2D eigenvalue weighted by molar-refractivity contribution is 0.0784. The van der Waals surface area contributed by atoms with Gasteiger partial charge in [0.05, 0.1) is 5.69 Å². The molecule has 0 fully saturated rings. The number of carbonyl (C=O) groups is 1. The summed E-state index contributed by atoms with van der Waals surface area (Å²) < 4.78 is 3.66. The molecule has 0 aliphatic heterocycles. The van der Waals surface area contributed by atoms with Crippen LogP contribution in [0.15, 0.2) is 31.0 Å². The summed E-state index contributed by atoms with van der Waals surface area (Å²) in [6.07, 6.45) is 4.71. The van der Waals surface area contributed by atoms with E-state index in [1.807, 2.05) is 18.5 Å². The van der Waals surface area contributed by atoms with Gasteiger partial charge in [-0.2, -0.15) is 5.10 Å². The van der Waals surface area contributed by atoms with Crippen LogP contribution in [0.1, 0.15) is 47.2 Å². The Balaban J connectivity index is 1.82. The van der Waals surface area contributed by atoms with Gasteiger partial charge in [-0.1, -0.05) is 0 Å². The quantitative estimate of drug-likeness (QED) is 0.703.